The van der Waals surface area contributed by atoms with Crippen molar-refractivity contribution in [2.45, 2.75) is 24.5 Å². The third kappa shape index (κ3) is 2.22. The van der Waals surface area contributed by atoms with Gasteiger partial charge in [0, 0.05) is 0 Å². The van der Waals surface area contributed by atoms with Gasteiger partial charge in [0.05, 0.1) is 12.9 Å². The number of ether oxygens (including phenoxy) is 1. The predicted octanol–water partition coefficient (Wildman–Crippen LogP) is -3.78. The second kappa shape index (κ2) is 5.81. The van der Waals surface area contributed by atoms with Crippen LogP contribution >= 0.6 is 0 Å². The van der Waals surface area contributed by atoms with E-state index in [9.17, 15) is 19.8 Å². The van der Waals surface area contributed by atoms with Gasteiger partial charge in [-0.25, -0.2) is 15.6 Å². The van der Waals surface area contributed by atoms with Gasteiger partial charge in [0.2, 0.25) is 5.95 Å². The molecule has 0 spiro atoms. The van der Waals surface area contributed by atoms with E-state index >= 15 is 0 Å². The summed E-state index contributed by atoms with van der Waals surface area (Å²) in [7, 11) is 0. The molecule has 1 amide bonds. The highest BCUT2D eigenvalue weighted by atomic mass is 16.6. The second-order valence-electron chi connectivity index (χ2n) is 5.11. The summed E-state index contributed by atoms with van der Waals surface area (Å²) in [6.07, 6.45) is -3.74. The van der Waals surface area contributed by atoms with Gasteiger partial charge in [0.25, 0.3) is 5.56 Å². The molecule has 0 aliphatic carbocycles. The molecule has 0 bridgehead atoms. The van der Waals surface area contributed by atoms with E-state index in [1.54, 1.807) is 5.43 Å². The highest BCUT2D eigenvalue weighted by Gasteiger charge is 2.44. The zero-order chi connectivity index (χ0) is 17.6. The first-order valence-electron chi connectivity index (χ1n) is 6.79. The van der Waals surface area contributed by atoms with Gasteiger partial charge in [-0.1, -0.05) is 0 Å². The van der Waals surface area contributed by atoms with Crippen molar-refractivity contribution < 1.29 is 24.9 Å². The molecule has 13 heteroatoms. The summed E-state index contributed by atoms with van der Waals surface area (Å²) in [6.45, 7) is -0.513. The van der Waals surface area contributed by atoms with Crippen LogP contribution in [0.2, 0.25) is 0 Å². The number of amides is 1. The first-order valence-corrected chi connectivity index (χ1v) is 6.79. The maximum Gasteiger partial charge on any atom is 0.345 e. The number of aromatic nitrogens is 4. The Morgan fingerprint density at radius 1 is 1.42 bits per heavy atom. The summed E-state index contributed by atoms with van der Waals surface area (Å²) < 4.78 is 7.03. The van der Waals surface area contributed by atoms with Crippen LogP contribution in [-0.4, -0.2) is 65.4 Å². The maximum absolute atomic E-state index is 12.3. The van der Waals surface area contributed by atoms with Crippen molar-refractivity contribution in [3.63, 3.8) is 0 Å². The third-order valence-corrected chi connectivity index (χ3v) is 3.74. The van der Waals surface area contributed by atoms with E-state index in [0.29, 0.717) is 4.57 Å². The lowest BCUT2D eigenvalue weighted by Gasteiger charge is -2.16. The van der Waals surface area contributed by atoms with E-state index in [0.717, 1.165) is 6.33 Å². The van der Waals surface area contributed by atoms with Crippen molar-refractivity contribution in [2.24, 2.45) is 5.84 Å². The molecule has 4 atom stereocenters. The Hall–Kier alpha value is -2.58. The van der Waals surface area contributed by atoms with E-state index in [1.165, 1.54) is 4.57 Å². The molecule has 130 valence electrons. The zero-order valence-corrected chi connectivity index (χ0v) is 12.1. The summed E-state index contributed by atoms with van der Waals surface area (Å²) in [4.78, 5) is 31.6. The first-order chi connectivity index (χ1) is 11.4. The molecule has 1 aliphatic rings. The molecule has 1 saturated heterocycles. The van der Waals surface area contributed by atoms with Crippen LogP contribution in [0.15, 0.2) is 11.1 Å². The van der Waals surface area contributed by atoms with Crippen LogP contribution in [0.1, 0.15) is 6.23 Å². The Morgan fingerprint density at radius 3 is 2.71 bits per heavy atom. The van der Waals surface area contributed by atoms with E-state index in [1.807, 2.05) is 0 Å². The molecular weight excluding hydrogens is 326 g/mol. The number of rotatable bonds is 2. The summed E-state index contributed by atoms with van der Waals surface area (Å²) in [5, 5.41) is 29.0. The third-order valence-electron chi connectivity index (χ3n) is 3.74. The Morgan fingerprint density at radius 2 is 2.12 bits per heavy atom. The molecule has 0 radical (unpaired) electrons. The molecule has 3 rings (SSSR count). The van der Waals surface area contributed by atoms with Gasteiger partial charge in [-0.3, -0.25) is 14.8 Å². The Bertz CT molecular complexity index is 847. The van der Waals surface area contributed by atoms with Gasteiger partial charge in [-0.2, -0.15) is 9.55 Å². The van der Waals surface area contributed by atoms with Gasteiger partial charge in [-0.15, -0.1) is 0 Å². The number of carbonyl (C=O) groups is 1. The average Bonchev–Trinajstić information content (AvgIpc) is 3.09. The molecule has 1 fully saturated rings. The van der Waals surface area contributed by atoms with E-state index < -0.39 is 48.7 Å². The zero-order valence-electron chi connectivity index (χ0n) is 12.1. The number of aliphatic hydroxyl groups is 3. The Balaban J connectivity index is 2.13. The quantitative estimate of drug-likeness (QED) is 0.178. The van der Waals surface area contributed by atoms with Gasteiger partial charge >= 0.3 is 6.03 Å². The lowest BCUT2D eigenvalue weighted by molar-refractivity contribution is -0.0511. The van der Waals surface area contributed by atoms with Crippen molar-refractivity contribution in [1.82, 2.24) is 24.5 Å². The number of hydrogen-bond donors (Lipinski definition) is 6. The minimum absolute atomic E-state index is 0.0617. The number of nitrogens with one attached hydrogen (secondary N) is 1. The molecule has 0 saturated carbocycles. The fraction of sp³-hybridized carbons (Fsp3) is 0.455. The fourth-order valence-corrected chi connectivity index (χ4v) is 2.54. The lowest BCUT2D eigenvalue weighted by atomic mass is 10.1. The minimum Gasteiger partial charge on any atom is -0.394 e. The number of nitrogens with two attached hydrogens (primary N) is 2. The number of imidazole rings is 1. The van der Waals surface area contributed by atoms with Crippen LogP contribution < -0.4 is 22.6 Å². The monoisotopic (exact) mass is 341 g/mol. The van der Waals surface area contributed by atoms with Crippen molar-refractivity contribution in [3.8, 4) is 0 Å². The maximum atomic E-state index is 12.3. The normalized spacial score (nSPS) is 26.8. The fourth-order valence-electron chi connectivity index (χ4n) is 2.54. The van der Waals surface area contributed by atoms with Crippen LogP contribution in [0.25, 0.3) is 11.2 Å². The number of nitrogen functional groups attached to an aromatic ring is 2. The first kappa shape index (κ1) is 16.3. The number of carbonyl (C=O) groups excluding carboxylic acids is 1. The van der Waals surface area contributed by atoms with Gasteiger partial charge in [-0.05, 0) is 0 Å². The minimum atomic E-state index is -1.39. The molecule has 2 aromatic rings. The number of fused-ring (bicyclic) bond motifs is 1. The molecule has 13 nitrogen and oxygen atoms in total. The molecule has 0 aromatic carbocycles. The van der Waals surface area contributed by atoms with E-state index in [-0.39, 0.29) is 11.2 Å². The Kier molecular flexibility index (Phi) is 3.94. The largest absolute Gasteiger partial charge is 0.394 e. The van der Waals surface area contributed by atoms with Crippen LogP contribution in [0, 0.1) is 0 Å². The topological polar surface area (TPSA) is 204 Å². The molecular formula is C11H15N7O6. The van der Waals surface area contributed by atoms with Gasteiger partial charge in [0.1, 0.15) is 18.3 Å². The summed E-state index contributed by atoms with van der Waals surface area (Å²) in [5.41, 5.74) is 6.22. The number of aliphatic hydroxyl groups excluding tert-OH is 3. The smallest absolute Gasteiger partial charge is 0.345 e. The second-order valence-corrected chi connectivity index (χ2v) is 5.11. The van der Waals surface area contributed by atoms with E-state index in [4.69, 9.17) is 21.4 Å². The summed E-state index contributed by atoms with van der Waals surface area (Å²) >= 11 is 0. The summed E-state index contributed by atoms with van der Waals surface area (Å²) in [5.74, 6) is 4.53. The van der Waals surface area contributed by atoms with Crippen LogP contribution in [0.3, 0.4) is 0 Å². The molecule has 2 aromatic heterocycles. The highest BCUT2D eigenvalue weighted by Crippen LogP contribution is 2.30. The van der Waals surface area contributed by atoms with Gasteiger partial charge in [0.15, 0.2) is 17.4 Å². The van der Waals surface area contributed by atoms with Crippen molar-refractivity contribution in [3.05, 3.63) is 16.7 Å². The van der Waals surface area contributed by atoms with Crippen LogP contribution in [-0.2, 0) is 4.74 Å². The number of hydrazine groups is 1. The Labute approximate surface area is 133 Å². The van der Waals surface area contributed by atoms with Crippen molar-refractivity contribution in [1.29, 1.82) is 0 Å². The molecule has 3 heterocycles. The van der Waals surface area contributed by atoms with Crippen molar-refractivity contribution in [2.75, 3.05) is 12.3 Å². The standard InChI is InChI=1S/C11H15N7O6/c12-10-15-7-4(8(22)18(10)11(23)16-13)14-2-17(7)9-6(21)5(20)3(1-19)24-9/h2-3,5-6,9,19-21H,1,13H2,(H2,12,15)(H,16,23)/t3-,5-,6-,9-/m1/s1. The lowest BCUT2D eigenvalue weighted by Crippen LogP contribution is -2.41. The highest BCUT2D eigenvalue weighted by molar-refractivity contribution is 5.82. The number of anilines is 1. The SMILES string of the molecule is NNC(=O)n1c(N)nc2c(ncn2[C@@H]2O[C@H](CO)[C@@H](O)[C@H]2O)c1=O. The van der Waals surface area contributed by atoms with Crippen LogP contribution in [0.5, 0.6) is 0 Å². The van der Waals surface area contributed by atoms with Crippen LogP contribution in [0.4, 0.5) is 10.7 Å². The molecule has 8 N–H and O–H groups in total. The summed E-state index contributed by atoms with van der Waals surface area (Å²) in [6, 6.07) is -0.991. The average molecular weight is 341 g/mol. The van der Waals surface area contributed by atoms with E-state index in [2.05, 4.69) is 9.97 Å². The van der Waals surface area contributed by atoms with Crippen molar-refractivity contribution >= 4 is 23.1 Å². The predicted molar refractivity (Wildman–Crippen MR) is 77.3 cm³/mol. The van der Waals surface area contributed by atoms with Gasteiger partial charge < -0.3 is 25.8 Å². The molecule has 24 heavy (non-hydrogen) atoms. The molecule has 1 aliphatic heterocycles. The number of nitrogens with zero attached hydrogens (tertiary/aromatic N) is 4. The number of hydrogen-bond acceptors (Lipinski definition) is 10. The molecule has 0 unspecified atom stereocenters.